The van der Waals surface area contributed by atoms with Gasteiger partial charge >= 0.3 is 0 Å². The zero-order valence-electron chi connectivity index (χ0n) is 15.0. The van der Waals surface area contributed by atoms with Crippen LogP contribution in [0.1, 0.15) is 24.8 Å². The second-order valence-electron chi connectivity index (χ2n) is 6.34. The Hall–Kier alpha value is -2.28. The Balaban J connectivity index is 1.46. The number of thioether (sulfide) groups is 1. The number of carbonyl (C=O) groups excluding carboxylic acids is 2. The molecule has 2 heterocycles. The Labute approximate surface area is 158 Å². The molecule has 138 valence electrons. The smallest absolute Gasteiger partial charge is 0.230 e. The Morgan fingerprint density at radius 1 is 1.23 bits per heavy atom. The van der Waals surface area contributed by atoms with Crippen LogP contribution in [-0.2, 0) is 9.59 Å². The summed E-state index contributed by atoms with van der Waals surface area (Å²) in [7, 11) is 0. The SMILES string of the molecule is Cc1ccccc1-n1ccnc1SCC(=O)NCCC(=O)N1CCCC1. The first-order valence-electron chi connectivity index (χ1n) is 8.92. The molecule has 1 fully saturated rings. The molecule has 1 saturated heterocycles. The molecule has 1 aliphatic heterocycles. The number of benzene rings is 1. The number of hydrogen-bond donors (Lipinski definition) is 1. The van der Waals surface area contributed by atoms with Gasteiger partial charge in [0, 0.05) is 38.4 Å². The molecule has 2 amide bonds. The Kier molecular flexibility index (Phi) is 6.33. The average Bonchev–Trinajstić information content (AvgIpc) is 3.32. The van der Waals surface area contributed by atoms with Crippen LogP contribution in [0.25, 0.3) is 5.69 Å². The van der Waals surface area contributed by atoms with Crippen LogP contribution in [-0.4, -0.2) is 51.7 Å². The number of carbonyl (C=O) groups is 2. The van der Waals surface area contributed by atoms with E-state index in [1.54, 1.807) is 6.20 Å². The number of aryl methyl sites for hydroxylation is 1. The molecule has 6 nitrogen and oxygen atoms in total. The third kappa shape index (κ3) is 4.66. The van der Waals surface area contributed by atoms with E-state index in [9.17, 15) is 9.59 Å². The first-order valence-corrected chi connectivity index (χ1v) is 9.90. The maximum absolute atomic E-state index is 12.1. The van der Waals surface area contributed by atoms with Crippen LogP contribution in [0.4, 0.5) is 0 Å². The summed E-state index contributed by atoms with van der Waals surface area (Å²) in [5.41, 5.74) is 2.21. The third-order valence-electron chi connectivity index (χ3n) is 4.43. The number of rotatable bonds is 7. The van der Waals surface area contributed by atoms with Gasteiger partial charge in [-0.15, -0.1) is 0 Å². The standard InChI is InChI=1S/C19H24N4O2S/c1-15-6-2-3-7-16(15)23-13-10-21-19(23)26-14-17(24)20-9-8-18(25)22-11-4-5-12-22/h2-3,6-7,10,13H,4-5,8-9,11-12,14H2,1H3,(H,20,24). The Morgan fingerprint density at radius 2 is 2.00 bits per heavy atom. The number of nitrogens with one attached hydrogen (secondary N) is 1. The van der Waals surface area contributed by atoms with Gasteiger partial charge < -0.3 is 10.2 Å². The summed E-state index contributed by atoms with van der Waals surface area (Å²) in [4.78, 5) is 30.2. The van der Waals surface area contributed by atoms with Crippen molar-refractivity contribution in [2.24, 2.45) is 0 Å². The van der Waals surface area contributed by atoms with E-state index >= 15 is 0 Å². The van der Waals surface area contributed by atoms with Gasteiger partial charge in [-0.25, -0.2) is 4.98 Å². The molecule has 0 saturated carbocycles. The number of imidazole rings is 1. The van der Waals surface area contributed by atoms with Crippen LogP contribution in [0.2, 0.25) is 0 Å². The van der Waals surface area contributed by atoms with Crippen molar-refractivity contribution < 1.29 is 9.59 Å². The molecule has 0 aliphatic carbocycles. The maximum atomic E-state index is 12.1. The van der Waals surface area contributed by atoms with Crippen LogP contribution in [0.5, 0.6) is 0 Å². The zero-order chi connectivity index (χ0) is 18.4. The summed E-state index contributed by atoms with van der Waals surface area (Å²) >= 11 is 1.39. The van der Waals surface area contributed by atoms with Crippen molar-refractivity contribution in [1.29, 1.82) is 0 Å². The predicted molar refractivity (Wildman–Crippen MR) is 102 cm³/mol. The van der Waals surface area contributed by atoms with Crippen LogP contribution in [0.3, 0.4) is 0 Å². The van der Waals surface area contributed by atoms with Crippen molar-refractivity contribution >= 4 is 23.6 Å². The van der Waals surface area contributed by atoms with Crippen LogP contribution < -0.4 is 5.32 Å². The van der Waals surface area contributed by atoms with E-state index in [0.717, 1.165) is 42.3 Å². The van der Waals surface area contributed by atoms with Crippen molar-refractivity contribution in [3.63, 3.8) is 0 Å². The molecule has 26 heavy (non-hydrogen) atoms. The molecule has 1 aromatic carbocycles. The number of para-hydroxylation sites is 1. The minimum Gasteiger partial charge on any atom is -0.355 e. The predicted octanol–water partition coefficient (Wildman–Crippen LogP) is 2.40. The van der Waals surface area contributed by atoms with E-state index in [-0.39, 0.29) is 17.6 Å². The van der Waals surface area contributed by atoms with Crippen molar-refractivity contribution in [3.05, 3.63) is 42.2 Å². The van der Waals surface area contributed by atoms with Gasteiger partial charge in [-0.05, 0) is 31.4 Å². The number of likely N-dealkylation sites (tertiary alicyclic amines) is 1. The first-order chi connectivity index (χ1) is 12.6. The summed E-state index contributed by atoms with van der Waals surface area (Å²) in [6.45, 7) is 4.14. The van der Waals surface area contributed by atoms with Crippen LogP contribution in [0.15, 0.2) is 41.8 Å². The van der Waals surface area contributed by atoms with E-state index in [0.29, 0.717) is 13.0 Å². The van der Waals surface area contributed by atoms with Gasteiger partial charge in [-0.1, -0.05) is 30.0 Å². The Morgan fingerprint density at radius 3 is 2.77 bits per heavy atom. The minimum absolute atomic E-state index is 0.0800. The lowest BCUT2D eigenvalue weighted by atomic mass is 10.2. The summed E-state index contributed by atoms with van der Waals surface area (Å²) in [6, 6.07) is 8.07. The largest absolute Gasteiger partial charge is 0.355 e. The lowest BCUT2D eigenvalue weighted by molar-refractivity contribution is -0.130. The lowest BCUT2D eigenvalue weighted by Gasteiger charge is -2.15. The van der Waals surface area contributed by atoms with Gasteiger partial charge in [0.15, 0.2) is 5.16 Å². The normalized spacial score (nSPS) is 13.8. The highest BCUT2D eigenvalue weighted by molar-refractivity contribution is 7.99. The molecule has 1 aliphatic rings. The van der Waals surface area contributed by atoms with Crippen molar-refractivity contribution in [2.45, 2.75) is 31.3 Å². The molecule has 1 aromatic heterocycles. The van der Waals surface area contributed by atoms with Crippen molar-refractivity contribution in [1.82, 2.24) is 19.8 Å². The van der Waals surface area contributed by atoms with Gasteiger partial charge in [0.05, 0.1) is 11.4 Å². The highest BCUT2D eigenvalue weighted by Crippen LogP contribution is 2.22. The molecule has 0 radical (unpaired) electrons. The molecule has 1 N–H and O–H groups in total. The Bertz CT molecular complexity index is 768. The average molecular weight is 372 g/mol. The monoisotopic (exact) mass is 372 g/mol. The van der Waals surface area contributed by atoms with E-state index in [2.05, 4.69) is 10.3 Å². The molecule has 0 spiro atoms. The molecule has 2 aromatic rings. The van der Waals surface area contributed by atoms with Gasteiger partial charge in [0.25, 0.3) is 0 Å². The van der Waals surface area contributed by atoms with Gasteiger partial charge in [0.2, 0.25) is 11.8 Å². The molecule has 0 bridgehead atoms. The van der Waals surface area contributed by atoms with Crippen LogP contribution >= 0.6 is 11.8 Å². The molecule has 0 unspecified atom stereocenters. The number of aromatic nitrogens is 2. The van der Waals surface area contributed by atoms with Gasteiger partial charge in [-0.3, -0.25) is 14.2 Å². The fraction of sp³-hybridized carbons (Fsp3) is 0.421. The highest BCUT2D eigenvalue weighted by Gasteiger charge is 2.17. The number of nitrogens with zero attached hydrogens (tertiary/aromatic N) is 3. The summed E-state index contributed by atoms with van der Waals surface area (Å²) < 4.78 is 1.99. The van der Waals surface area contributed by atoms with Crippen molar-refractivity contribution in [3.8, 4) is 5.69 Å². The summed E-state index contributed by atoms with van der Waals surface area (Å²) in [6.07, 6.45) is 6.18. The summed E-state index contributed by atoms with van der Waals surface area (Å²) in [5.74, 6) is 0.329. The second kappa shape index (κ2) is 8.89. The lowest BCUT2D eigenvalue weighted by Crippen LogP contribution is -2.33. The first kappa shape index (κ1) is 18.5. The van der Waals surface area contributed by atoms with E-state index < -0.39 is 0 Å². The molecular formula is C19H24N4O2S. The molecule has 0 atom stereocenters. The zero-order valence-corrected chi connectivity index (χ0v) is 15.8. The minimum atomic E-state index is -0.0800. The fourth-order valence-electron chi connectivity index (χ4n) is 3.03. The second-order valence-corrected chi connectivity index (χ2v) is 7.29. The van der Waals surface area contributed by atoms with E-state index in [1.807, 2.05) is 46.9 Å². The number of amides is 2. The van der Waals surface area contributed by atoms with E-state index in [1.165, 1.54) is 11.8 Å². The van der Waals surface area contributed by atoms with Gasteiger partial charge in [0.1, 0.15) is 0 Å². The fourth-order valence-corrected chi connectivity index (χ4v) is 3.82. The molecular weight excluding hydrogens is 348 g/mol. The van der Waals surface area contributed by atoms with Gasteiger partial charge in [-0.2, -0.15) is 0 Å². The summed E-state index contributed by atoms with van der Waals surface area (Å²) in [5, 5.41) is 3.61. The van der Waals surface area contributed by atoms with Crippen LogP contribution in [0, 0.1) is 6.92 Å². The highest BCUT2D eigenvalue weighted by atomic mass is 32.2. The molecule has 7 heteroatoms. The number of hydrogen-bond acceptors (Lipinski definition) is 4. The van der Waals surface area contributed by atoms with Crippen molar-refractivity contribution in [2.75, 3.05) is 25.4 Å². The quantitative estimate of drug-likeness (QED) is 0.758. The third-order valence-corrected chi connectivity index (χ3v) is 5.40. The molecule has 3 rings (SSSR count). The van der Waals surface area contributed by atoms with E-state index in [4.69, 9.17) is 0 Å². The maximum Gasteiger partial charge on any atom is 0.230 e. The topological polar surface area (TPSA) is 67.2 Å².